The number of aliphatic hydroxyl groups is 1. The van der Waals surface area contributed by atoms with Crippen molar-refractivity contribution in [3.8, 4) is 0 Å². The molecule has 1 saturated carbocycles. The van der Waals surface area contributed by atoms with E-state index in [9.17, 15) is 4.79 Å². The van der Waals surface area contributed by atoms with Gasteiger partial charge in [0, 0.05) is 32.3 Å². The summed E-state index contributed by atoms with van der Waals surface area (Å²) in [6, 6.07) is 0.392. The zero-order chi connectivity index (χ0) is 15.8. The Hall–Kier alpha value is -0.650. The molecule has 2 N–H and O–H groups in total. The molecule has 1 heterocycles. The molecule has 22 heavy (non-hydrogen) atoms. The van der Waals surface area contributed by atoms with Gasteiger partial charge < -0.3 is 15.2 Å². The minimum absolute atomic E-state index is 0.180. The van der Waals surface area contributed by atoms with Crippen molar-refractivity contribution in [2.24, 2.45) is 5.92 Å². The predicted octanol–water partition coefficient (Wildman–Crippen LogP) is 1.54. The lowest BCUT2D eigenvalue weighted by Gasteiger charge is -2.32. The minimum atomic E-state index is 0.180. The van der Waals surface area contributed by atoms with E-state index in [0.717, 1.165) is 44.7 Å². The summed E-state index contributed by atoms with van der Waals surface area (Å²) in [5.74, 6) is 0.997. The number of rotatable bonds is 7. The van der Waals surface area contributed by atoms with E-state index < -0.39 is 0 Å². The summed E-state index contributed by atoms with van der Waals surface area (Å²) in [7, 11) is 0. The van der Waals surface area contributed by atoms with Gasteiger partial charge in [-0.2, -0.15) is 0 Å². The average Bonchev–Trinajstić information content (AvgIpc) is 2.51. The van der Waals surface area contributed by atoms with E-state index in [2.05, 4.69) is 17.1 Å². The number of nitrogens with one attached hydrogen (secondary N) is 1. The standard InChI is InChI=1S/C17H32N2O3/c1-14-3-5-15(6-4-14)18-17(21)13-19-9-7-16(8-10-19)22-12-2-11-20/h14-16,20H,2-13H2,1H3,(H,18,21). The van der Waals surface area contributed by atoms with Crippen LogP contribution in [0.2, 0.25) is 0 Å². The fourth-order valence-electron chi connectivity index (χ4n) is 3.43. The zero-order valence-corrected chi connectivity index (χ0v) is 13.9. The number of carbonyl (C=O) groups is 1. The predicted molar refractivity (Wildman–Crippen MR) is 86.7 cm³/mol. The minimum Gasteiger partial charge on any atom is -0.396 e. The Morgan fingerprint density at radius 2 is 1.86 bits per heavy atom. The Morgan fingerprint density at radius 1 is 1.18 bits per heavy atom. The number of ether oxygens (including phenoxy) is 1. The first-order valence-corrected chi connectivity index (χ1v) is 8.91. The van der Waals surface area contributed by atoms with Crippen LogP contribution >= 0.6 is 0 Å². The van der Waals surface area contributed by atoms with Crippen molar-refractivity contribution in [1.82, 2.24) is 10.2 Å². The molecule has 0 spiro atoms. The summed E-state index contributed by atoms with van der Waals surface area (Å²) < 4.78 is 5.72. The number of aliphatic hydroxyl groups excluding tert-OH is 1. The van der Waals surface area contributed by atoms with Crippen molar-refractivity contribution < 1.29 is 14.6 Å². The van der Waals surface area contributed by atoms with Gasteiger partial charge >= 0.3 is 0 Å². The number of carbonyl (C=O) groups excluding carboxylic acids is 1. The molecule has 0 aromatic rings. The van der Waals surface area contributed by atoms with Crippen LogP contribution in [0.5, 0.6) is 0 Å². The second-order valence-electron chi connectivity index (χ2n) is 6.95. The average molecular weight is 312 g/mol. The molecule has 0 bridgehead atoms. The zero-order valence-electron chi connectivity index (χ0n) is 13.9. The molecule has 0 aromatic carbocycles. The summed E-state index contributed by atoms with van der Waals surface area (Å²) in [5.41, 5.74) is 0. The third-order valence-corrected chi connectivity index (χ3v) is 4.94. The van der Waals surface area contributed by atoms with Crippen molar-refractivity contribution in [2.75, 3.05) is 32.8 Å². The third kappa shape index (κ3) is 6.23. The molecule has 0 radical (unpaired) electrons. The monoisotopic (exact) mass is 312 g/mol. The molecule has 0 unspecified atom stereocenters. The van der Waals surface area contributed by atoms with E-state index in [-0.39, 0.29) is 12.5 Å². The lowest BCUT2D eigenvalue weighted by Crippen LogP contribution is -2.46. The molecule has 2 fully saturated rings. The fourth-order valence-corrected chi connectivity index (χ4v) is 3.43. The number of nitrogens with zero attached hydrogens (tertiary/aromatic N) is 1. The Morgan fingerprint density at radius 3 is 2.50 bits per heavy atom. The van der Waals surface area contributed by atoms with Crippen LogP contribution < -0.4 is 5.32 Å². The molecule has 2 rings (SSSR count). The Balaban J connectivity index is 1.58. The number of hydrogen-bond donors (Lipinski definition) is 2. The summed E-state index contributed by atoms with van der Waals surface area (Å²) >= 11 is 0. The van der Waals surface area contributed by atoms with Gasteiger partial charge in [0.05, 0.1) is 12.6 Å². The van der Waals surface area contributed by atoms with E-state index in [0.29, 0.717) is 31.7 Å². The number of piperidine rings is 1. The highest BCUT2D eigenvalue weighted by molar-refractivity contribution is 5.78. The van der Waals surface area contributed by atoms with Gasteiger partial charge in [-0.3, -0.25) is 9.69 Å². The summed E-state index contributed by atoms with van der Waals surface area (Å²) in [6.07, 6.45) is 7.72. The maximum Gasteiger partial charge on any atom is 0.234 e. The lowest BCUT2D eigenvalue weighted by molar-refractivity contribution is -0.124. The number of likely N-dealkylation sites (tertiary alicyclic amines) is 1. The van der Waals surface area contributed by atoms with Crippen molar-refractivity contribution in [3.05, 3.63) is 0 Å². The molecule has 2 aliphatic rings. The van der Waals surface area contributed by atoms with Crippen LogP contribution in [0.25, 0.3) is 0 Å². The molecule has 5 heteroatoms. The molecule has 1 saturated heterocycles. The largest absolute Gasteiger partial charge is 0.396 e. The fraction of sp³-hybridized carbons (Fsp3) is 0.941. The Labute approximate surface area is 134 Å². The first kappa shape index (κ1) is 17.7. The molecule has 1 aliphatic carbocycles. The molecular formula is C17H32N2O3. The van der Waals surface area contributed by atoms with E-state index in [1.165, 1.54) is 12.8 Å². The molecule has 0 atom stereocenters. The van der Waals surface area contributed by atoms with Crippen LogP contribution in [-0.2, 0) is 9.53 Å². The van der Waals surface area contributed by atoms with Crippen LogP contribution in [0.1, 0.15) is 51.9 Å². The van der Waals surface area contributed by atoms with Gasteiger partial charge in [-0.25, -0.2) is 0 Å². The lowest BCUT2D eigenvalue weighted by atomic mass is 9.87. The molecule has 1 amide bonds. The van der Waals surface area contributed by atoms with E-state index in [1.54, 1.807) is 0 Å². The van der Waals surface area contributed by atoms with E-state index in [4.69, 9.17) is 9.84 Å². The van der Waals surface area contributed by atoms with Crippen molar-refractivity contribution in [2.45, 2.75) is 64.0 Å². The van der Waals surface area contributed by atoms with Gasteiger partial charge in [-0.1, -0.05) is 6.92 Å². The van der Waals surface area contributed by atoms with Crippen LogP contribution in [0.3, 0.4) is 0 Å². The molecule has 128 valence electrons. The van der Waals surface area contributed by atoms with Crippen LogP contribution in [0.4, 0.5) is 0 Å². The topological polar surface area (TPSA) is 61.8 Å². The number of hydrogen-bond acceptors (Lipinski definition) is 4. The smallest absolute Gasteiger partial charge is 0.234 e. The first-order chi connectivity index (χ1) is 10.7. The van der Waals surface area contributed by atoms with Crippen LogP contribution in [-0.4, -0.2) is 60.9 Å². The molecule has 1 aliphatic heterocycles. The van der Waals surface area contributed by atoms with Crippen molar-refractivity contribution in [3.63, 3.8) is 0 Å². The van der Waals surface area contributed by atoms with Gasteiger partial charge in [0.2, 0.25) is 5.91 Å². The number of amides is 1. The normalized spacial score (nSPS) is 27.7. The van der Waals surface area contributed by atoms with Crippen LogP contribution in [0.15, 0.2) is 0 Å². The van der Waals surface area contributed by atoms with Gasteiger partial charge in [0.25, 0.3) is 0 Å². The summed E-state index contributed by atoms with van der Waals surface area (Å²) in [6.45, 7) is 5.51. The summed E-state index contributed by atoms with van der Waals surface area (Å²) in [4.78, 5) is 14.4. The highest BCUT2D eigenvalue weighted by atomic mass is 16.5. The second-order valence-corrected chi connectivity index (χ2v) is 6.95. The SMILES string of the molecule is CC1CCC(NC(=O)CN2CCC(OCCCO)CC2)CC1. The highest BCUT2D eigenvalue weighted by Gasteiger charge is 2.23. The van der Waals surface area contributed by atoms with Gasteiger partial charge in [-0.15, -0.1) is 0 Å². The molecular weight excluding hydrogens is 280 g/mol. The van der Waals surface area contributed by atoms with Crippen LogP contribution in [0, 0.1) is 5.92 Å². The van der Waals surface area contributed by atoms with Crippen molar-refractivity contribution in [1.29, 1.82) is 0 Å². The maximum absolute atomic E-state index is 12.1. The Kier molecular flexibility index (Phi) is 7.63. The molecule has 5 nitrogen and oxygen atoms in total. The second kappa shape index (κ2) is 9.48. The maximum atomic E-state index is 12.1. The highest BCUT2D eigenvalue weighted by Crippen LogP contribution is 2.23. The van der Waals surface area contributed by atoms with Gasteiger partial charge in [0.15, 0.2) is 0 Å². The van der Waals surface area contributed by atoms with E-state index >= 15 is 0 Å². The van der Waals surface area contributed by atoms with Gasteiger partial charge in [0.1, 0.15) is 0 Å². The first-order valence-electron chi connectivity index (χ1n) is 8.91. The van der Waals surface area contributed by atoms with E-state index in [1.807, 2.05) is 0 Å². The van der Waals surface area contributed by atoms with Crippen molar-refractivity contribution >= 4 is 5.91 Å². The Bertz CT molecular complexity index is 322. The third-order valence-electron chi connectivity index (χ3n) is 4.94. The quantitative estimate of drug-likeness (QED) is 0.700. The summed E-state index contributed by atoms with van der Waals surface area (Å²) in [5, 5.41) is 12.0. The van der Waals surface area contributed by atoms with Gasteiger partial charge in [-0.05, 0) is 50.9 Å². The molecule has 0 aromatic heterocycles.